The van der Waals surface area contributed by atoms with Gasteiger partial charge in [-0.2, -0.15) is 9.40 Å². The molecule has 1 amide bonds. The molecular formula is C23H26N4O5S. The van der Waals surface area contributed by atoms with Gasteiger partial charge in [0.2, 0.25) is 10.0 Å². The van der Waals surface area contributed by atoms with Crippen LogP contribution in [0.15, 0.2) is 59.5 Å². The molecule has 33 heavy (non-hydrogen) atoms. The molecule has 1 aliphatic heterocycles. The van der Waals surface area contributed by atoms with Crippen LogP contribution in [-0.2, 0) is 14.8 Å². The van der Waals surface area contributed by atoms with Gasteiger partial charge in [-0.15, -0.1) is 0 Å². The van der Waals surface area contributed by atoms with Crippen LogP contribution in [0.1, 0.15) is 29.0 Å². The zero-order chi connectivity index (χ0) is 23.4. The summed E-state index contributed by atoms with van der Waals surface area (Å²) in [5.74, 6) is -0.0600. The fourth-order valence-corrected chi connectivity index (χ4v) is 5.24. The number of carbonyl (C=O) groups excluding carboxylic acids is 1. The smallest absolute Gasteiger partial charge is 0.269 e. The van der Waals surface area contributed by atoms with Gasteiger partial charge in [0.1, 0.15) is 16.3 Å². The number of ether oxygens (including phenoxy) is 2. The summed E-state index contributed by atoms with van der Waals surface area (Å²) in [5, 5.41) is 9.89. The molecule has 1 atom stereocenters. The highest BCUT2D eigenvalue weighted by molar-refractivity contribution is 7.89. The third-order valence-electron chi connectivity index (χ3n) is 5.52. The number of aromatic nitrogens is 2. The molecule has 0 bridgehead atoms. The first-order valence-corrected chi connectivity index (χ1v) is 12.0. The van der Waals surface area contributed by atoms with E-state index in [1.54, 1.807) is 18.2 Å². The van der Waals surface area contributed by atoms with Gasteiger partial charge in [-0.05, 0) is 36.8 Å². The minimum absolute atomic E-state index is 0.0519. The van der Waals surface area contributed by atoms with Crippen LogP contribution >= 0.6 is 0 Å². The van der Waals surface area contributed by atoms with Crippen LogP contribution in [0.5, 0.6) is 5.75 Å². The van der Waals surface area contributed by atoms with Crippen LogP contribution < -0.4 is 10.1 Å². The summed E-state index contributed by atoms with van der Waals surface area (Å²) in [4.78, 5) is 12.7. The van der Waals surface area contributed by atoms with Crippen molar-refractivity contribution in [3.05, 3.63) is 65.9 Å². The van der Waals surface area contributed by atoms with E-state index >= 15 is 0 Å². The molecule has 2 aromatic carbocycles. The van der Waals surface area contributed by atoms with Crippen LogP contribution in [-0.4, -0.2) is 62.2 Å². The Morgan fingerprint density at radius 2 is 1.88 bits per heavy atom. The van der Waals surface area contributed by atoms with Crippen molar-refractivity contribution in [1.82, 2.24) is 19.8 Å². The van der Waals surface area contributed by atoms with Crippen molar-refractivity contribution in [1.29, 1.82) is 0 Å². The first kappa shape index (κ1) is 23.0. The first-order chi connectivity index (χ1) is 15.9. The second-order valence-corrected chi connectivity index (χ2v) is 9.56. The molecule has 4 rings (SSSR count). The molecule has 1 saturated heterocycles. The Kier molecular flexibility index (Phi) is 6.77. The number of morpholine rings is 1. The van der Waals surface area contributed by atoms with E-state index in [4.69, 9.17) is 9.47 Å². The van der Waals surface area contributed by atoms with Crippen molar-refractivity contribution in [3.63, 3.8) is 0 Å². The van der Waals surface area contributed by atoms with Gasteiger partial charge in [0.05, 0.1) is 32.1 Å². The second kappa shape index (κ2) is 9.74. The predicted molar refractivity (Wildman–Crippen MR) is 122 cm³/mol. The van der Waals surface area contributed by atoms with Crippen molar-refractivity contribution >= 4 is 15.9 Å². The Labute approximate surface area is 192 Å². The lowest BCUT2D eigenvalue weighted by Crippen LogP contribution is -2.40. The number of amides is 1. The Morgan fingerprint density at radius 3 is 2.58 bits per heavy atom. The average molecular weight is 471 g/mol. The van der Waals surface area contributed by atoms with Gasteiger partial charge in [0.25, 0.3) is 5.91 Å². The number of benzene rings is 2. The summed E-state index contributed by atoms with van der Waals surface area (Å²) in [5.41, 5.74) is 2.27. The monoisotopic (exact) mass is 470 g/mol. The van der Waals surface area contributed by atoms with Crippen molar-refractivity contribution in [3.8, 4) is 17.0 Å². The van der Waals surface area contributed by atoms with Gasteiger partial charge in [-0.3, -0.25) is 9.89 Å². The standard InChI is InChI=1S/C23H26N4O5S/c1-16(17-6-4-3-5-7-17)24-23(28)20-15-19(25-26-20)18-8-9-21(31-2)22(14-18)33(29,30)27-10-12-32-13-11-27/h3-9,14-16H,10-13H2,1-2H3,(H,24,28)(H,25,26)/t16-/m1/s1. The number of H-pyrrole nitrogens is 1. The molecule has 3 aromatic rings. The number of sulfonamides is 1. The van der Waals surface area contributed by atoms with Crippen LogP contribution in [0.25, 0.3) is 11.3 Å². The zero-order valence-electron chi connectivity index (χ0n) is 18.4. The van der Waals surface area contributed by atoms with E-state index in [0.29, 0.717) is 24.5 Å². The van der Waals surface area contributed by atoms with Gasteiger partial charge in [-0.1, -0.05) is 30.3 Å². The Balaban J connectivity index is 1.58. The lowest BCUT2D eigenvalue weighted by atomic mass is 10.1. The number of methoxy groups -OCH3 is 1. The molecule has 0 aliphatic carbocycles. The van der Waals surface area contributed by atoms with Crippen molar-refractivity contribution in [2.45, 2.75) is 17.9 Å². The molecule has 1 aromatic heterocycles. The number of hydrogen-bond acceptors (Lipinski definition) is 6. The number of nitrogens with one attached hydrogen (secondary N) is 2. The lowest BCUT2D eigenvalue weighted by molar-refractivity contribution is 0.0729. The molecular weight excluding hydrogens is 444 g/mol. The Bertz CT molecular complexity index is 1220. The van der Waals surface area contributed by atoms with Crippen LogP contribution in [0.3, 0.4) is 0 Å². The maximum atomic E-state index is 13.2. The van der Waals surface area contributed by atoms with Crippen molar-refractivity contribution in [2.75, 3.05) is 33.4 Å². The topological polar surface area (TPSA) is 114 Å². The van der Waals surface area contributed by atoms with E-state index in [-0.39, 0.29) is 41.4 Å². The number of rotatable bonds is 7. The molecule has 174 valence electrons. The highest BCUT2D eigenvalue weighted by atomic mass is 32.2. The number of nitrogens with zero attached hydrogens (tertiary/aromatic N) is 2. The quantitative estimate of drug-likeness (QED) is 0.549. The second-order valence-electron chi connectivity index (χ2n) is 7.65. The fourth-order valence-electron chi connectivity index (χ4n) is 3.65. The lowest BCUT2D eigenvalue weighted by Gasteiger charge is -2.26. The van der Waals surface area contributed by atoms with E-state index in [9.17, 15) is 13.2 Å². The number of aromatic amines is 1. The average Bonchev–Trinajstić information content (AvgIpc) is 3.35. The highest BCUT2D eigenvalue weighted by Crippen LogP contribution is 2.32. The minimum atomic E-state index is -3.78. The minimum Gasteiger partial charge on any atom is -0.495 e. The van der Waals surface area contributed by atoms with Gasteiger partial charge < -0.3 is 14.8 Å². The summed E-state index contributed by atoms with van der Waals surface area (Å²) >= 11 is 0. The van der Waals surface area contributed by atoms with Crippen molar-refractivity contribution in [2.24, 2.45) is 0 Å². The molecule has 0 spiro atoms. The Morgan fingerprint density at radius 1 is 1.15 bits per heavy atom. The summed E-state index contributed by atoms with van der Waals surface area (Å²) < 4.78 is 38.4. The SMILES string of the molecule is COc1ccc(-c2cc(C(=O)N[C@H](C)c3ccccc3)[nH]n2)cc1S(=O)(=O)N1CCOCC1. The highest BCUT2D eigenvalue weighted by Gasteiger charge is 2.30. The summed E-state index contributed by atoms with van der Waals surface area (Å²) in [6.45, 7) is 3.15. The van der Waals surface area contributed by atoms with Crippen LogP contribution in [0.4, 0.5) is 0 Å². The normalized spacial score (nSPS) is 15.7. The molecule has 0 radical (unpaired) electrons. The van der Waals surface area contributed by atoms with E-state index in [1.165, 1.54) is 17.5 Å². The van der Waals surface area contributed by atoms with Gasteiger partial charge in [0.15, 0.2) is 0 Å². The van der Waals surface area contributed by atoms with E-state index in [2.05, 4.69) is 15.5 Å². The molecule has 2 N–H and O–H groups in total. The molecule has 2 heterocycles. The number of hydrogen-bond donors (Lipinski definition) is 2. The molecule has 1 fully saturated rings. The molecule has 10 heteroatoms. The molecule has 0 saturated carbocycles. The first-order valence-electron chi connectivity index (χ1n) is 10.6. The van der Waals surface area contributed by atoms with Crippen molar-refractivity contribution < 1.29 is 22.7 Å². The molecule has 0 unspecified atom stereocenters. The predicted octanol–water partition coefficient (Wildman–Crippen LogP) is 2.60. The fraction of sp³-hybridized carbons (Fsp3) is 0.304. The molecule has 1 aliphatic rings. The van der Waals surface area contributed by atoms with Gasteiger partial charge in [0, 0.05) is 18.7 Å². The molecule has 9 nitrogen and oxygen atoms in total. The van der Waals surface area contributed by atoms with Gasteiger partial charge >= 0.3 is 0 Å². The summed E-state index contributed by atoms with van der Waals surface area (Å²) in [6, 6.07) is 15.9. The zero-order valence-corrected chi connectivity index (χ0v) is 19.3. The van der Waals surface area contributed by atoms with Gasteiger partial charge in [-0.25, -0.2) is 8.42 Å². The van der Waals surface area contributed by atoms with E-state index in [0.717, 1.165) is 5.56 Å². The maximum Gasteiger partial charge on any atom is 0.269 e. The third kappa shape index (κ3) is 4.92. The van der Waals surface area contributed by atoms with Crippen LogP contribution in [0.2, 0.25) is 0 Å². The summed E-state index contributed by atoms with van der Waals surface area (Å²) in [7, 11) is -2.35. The largest absolute Gasteiger partial charge is 0.495 e. The van der Waals surface area contributed by atoms with E-state index in [1.807, 2.05) is 37.3 Å². The van der Waals surface area contributed by atoms with E-state index < -0.39 is 10.0 Å². The summed E-state index contributed by atoms with van der Waals surface area (Å²) in [6.07, 6.45) is 0. The van der Waals surface area contributed by atoms with Crippen LogP contribution in [0, 0.1) is 0 Å². The maximum absolute atomic E-state index is 13.2. The number of carbonyl (C=O) groups is 1. The Hall–Kier alpha value is -3.21. The third-order valence-corrected chi connectivity index (χ3v) is 7.44.